The Labute approximate surface area is 102 Å². The molecule has 0 spiro atoms. The number of hydrogen-bond donors (Lipinski definition) is 0. The molecule has 1 saturated carbocycles. The molecule has 3 nitrogen and oxygen atoms in total. The molecule has 1 aromatic rings. The van der Waals surface area contributed by atoms with Crippen LogP contribution in [0, 0.1) is 0 Å². The summed E-state index contributed by atoms with van der Waals surface area (Å²) in [7, 11) is 0. The van der Waals surface area contributed by atoms with Crippen molar-refractivity contribution in [3.05, 3.63) is 29.1 Å². The maximum Gasteiger partial charge on any atom is 0.339 e. The first-order valence-corrected chi connectivity index (χ1v) is 6.30. The van der Waals surface area contributed by atoms with Crippen LogP contribution in [0.5, 0.6) is 0 Å². The van der Waals surface area contributed by atoms with Gasteiger partial charge in [0.1, 0.15) is 0 Å². The van der Waals surface area contributed by atoms with Crippen LogP contribution in [-0.2, 0) is 4.74 Å². The first kappa shape index (κ1) is 12.1. The second-order valence-electron chi connectivity index (χ2n) is 4.85. The maximum absolute atomic E-state index is 11.9. The summed E-state index contributed by atoms with van der Waals surface area (Å²) in [6.45, 7) is 6.44. The molecule has 0 atom stereocenters. The van der Waals surface area contributed by atoms with E-state index in [0.717, 1.165) is 24.1 Å². The van der Waals surface area contributed by atoms with E-state index in [-0.39, 0.29) is 5.97 Å². The van der Waals surface area contributed by atoms with Crippen molar-refractivity contribution >= 4 is 5.97 Å². The lowest BCUT2D eigenvalue weighted by molar-refractivity contribution is 0.0524. The van der Waals surface area contributed by atoms with Crippen molar-refractivity contribution in [2.75, 3.05) is 6.61 Å². The average molecular weight is 233 g/mol. The molecule has 0 unspecified atom stereocenters. The summed E-state index contributed by atoms with van der Waals surface area (Å²) in [5.74, 6) is 0.615. The fourth-order valence-corrected chi connectivity index (χ4v) is 1.86. The Bertz CT molecular complexity index is 422. The van der Waals surface area contributed by atoms with Gasteiger partial charge in [0.2, 0.25) is 0 Å². The molecule has 1 heterocycles. The monoisotopic (exact) mass is 233 g/mol. The van der Waals surface area contributed by atoms with E-state index in [0.29, 0.717) is 24.0 Å². The fourth-order valence-electron chi connectivity index (χ4n) is 1.86. The van der Waals surface area contributed by atoms with Crippen LogP contribution in [-0.4, -0.2) is 17.6 Å². The zero-order valence-corrected chi connectivity index (χ0v) is 10.7. The van der Waals surface area contributed by atoms with E-state index >= 15 is 0 Å². The van der Waals surface area contributed by atoms with Gasteiger partial charge in [0, 0.05) is 12.1 Å². The molecule has 1 aromatic heterocycles. The summed E-state index contributed by atoms with van der Waals surface area (Å²) in [5.41, 5.74) is 2.69. The van der Waals surface area contributed by atoms with Crippen molar-refractivity contribution in [3.63, 3.8) is 0 Å². The summed E-state index contributed by atoms with van der Waals surface area (Å²) in [5, 5.41) is 0. The van der Waals surface area contributed by atoms with Crippen molar-refractivity contribution < 1.29 is 9.53 Å². The second-order valence-corrected chi connectivity index (χ2v) is 4.85. The van der Waals surface area contributed by atoms with E-state index in [2.05, 4.69) is 18.8 Å². The molecule has 3 heteroatoms. The molecule has 0 amide bonds. The van der Waals surface area contributed by atoms with Gasteiger partial charge in [-0.2, -0.15) is 0 Å². The minimum Gasteiger partial charge on any atom is -0.462 e. The van der Waals surface area contributed by atoms with Crippen LogP contribution in [0.15, 0.2) is 12.3 Å². The van der Waals surface area contributed by atoms with Gasteiger partial charge >= 0.3 is 5.97 Å². The zero-order valence-electron chi connectivity index (χ0n) is 10.7. The quantitative estimate of drug-likeness (QED) is 0.749. The van der Waals surface area contributed by atoms with Gasteiger partial charge < -0.3 is 4.74 Å². The molecule has 1 fully saturated rings. The minimum absolute atomic E-state index is 0.232. The van der Waals surface area contributed by atoms with Crippen molar-refractivity contribution in [2.24, 2.45) is 0 Å². The number of carbonyl (C=O) groups excluding carboxylic acids is 1. The number of ether oxygens (including phenoxy) is 1. The van der Waals surface area contributed by atoms with Gasteiger partial charge in [-0.25, -0.2) is 4.79 Å². The van der Waals surface area contributed by atoms with Crippen molar-refractivity contribution in [3.8, 4) is 0 Å². The Morgan fingerprint density at radius 3 is 2.76 bits per heavy atom. The number of pyridine rings is 1. The number of carbonyl (C=O) groups is 1. The van der Waals surface area contributed by atoms with Gasteiger partial charge in [-0.05, 0) is 37.3 Å². The van der Waals surface area contributed by atoms with Gasteiger partial charge in [0.05, 0.1) is 17.9 Å². The normalized spacial score (nSPS) is 15.1. The van der Waals surface area contributed by atoms with Gasteiger partial charge in [-0.15, -0.1) is 0 Å². The van der Waals surface area contributed by atoms with Crippen LogP contribution in [0.2, 0.25) is 0 Å². The Hall–Kier alpha value is -1.38. The third kappa shape index (κ3) is 2.65. The summed E-state index contributed by atoms with van der Waals surface area (Å²) >= 11 is 0. The largest absolute Gasteiger partial charge is 0.462 e. The molecule has 0 saturated heterocycles. The number of hydrogen-bond acceptors (Lipinski definition) is 3. The number of aromatic nitrogens is 1. The fraction of sp³-hybridized carbons (Fsp3) is 0.571. The number of nitrogens with zero attached hydrogens (tertiary/aromatic N) is 1. The summed E-state index contributed by atoms with van der Waals surface area (Å²) in [4.78, 5) is 16.4. The van der Waals surface area contributed by atoms with Crippen LogP contribution in [0.3, 0.4) is 0 Å². The maximum atomic E-state index is 11.9. The lowest BCUT2D eigenvalue weighted by atomic mass is 10.0. The molecule has 2 rings (SSSR count). The molecule has 0 radical (unpaired) electrons. The standard InChI is InChI=1S/C14H19NO2/c1-4-17-14(16)12-7-11(9(2)3)8-15-13(12)10-5-6-10/h7-10H,4-6H2,1-3H3. The van der Waals surface area contributed by atoms with Crippen LogP contribution in [0.1, 0.15) is 67.1 Å². The predicted molar refractivity (Wildman–Crippen MR) is 66.3 cm³/mol. The Morgan fingerprint density at radius 1 is 1.53 bits per heavy atom. The van der Waals surface area contributed by atoms with Gasteiger partial charge in [-0.1, -0.05) is 13.8 Å². The first-order valence-electron chi connectivity index (χ1n) is 6.30. The van der Waals surface area contributed by atoms with E-state index in [1.165, 1.54) is 0 Å². The third-order valence-electron chi connectivity index (χ3n) is 3.07. The highest BCUT2D eigenvalue weighted by Gasteiger charge is 2.30. The lowest BCUT2D eigenvalue weighted by Crippen LogP contribution is -2.10. The third-order valence-corrected chi connectivity index (χ3v) is 3.07. The summed E-state index contributed by atoms with van der Waals surface area (Å²) in [6, 6.07) is 1.95. The molecule has 1 aliphatic carbocycles. The number of esters is 1. The molecular weight excluding hydrogens is 214 g/mol. The van der Waals surface area contributed by atoms with Crippen molar-refractivity contribution in [1.29, 1.82) is 0 Å². The van der Waals surface area contributed by atoms with E-state index in [9.17, 15) is 4.79 Å². The Morgan fingerprint density at radius 2 is 2.24 bits per heavy atom. The molecule has 92 valence electrons. The molecule has 17 heavy (non-hydrogen) atoms. The SMILES string of the molecule is CCOC(=O)c1cc(C(C)C)cnc1C1CC1. The molecular formula is C14H19NO2. The highest BCUT2D eigenvalue weighted by atomic mass is 16.5. The molecule has 0 N–H and O–H groups in total. The van der Waals surface area contributed by atoms with Crippen LogP contribution in [0.4, 0.5) is 0 Å². The van der Waals surface area contributed by atoms with E-state index < -0.39 is 0 Å². The van der Waals surface area contributed by atoms with Crippen molar-refractivity contribution in [1.82, 2.24) is 4.98 Å². The van der Waals surface area contributed by atoms with Crippen LogP contribution >= 0.6 is 0 Å². The molecule has 0 aromatic carbocycles. The van der Waals surface area contributed by atoms with E-state index in [1.807, 2.05) is 19.2 Å². The summed E-state index contributed by atoms with van der Waals surface area (Å²) in [6.07, 6.45) is 4.17. The smallest absolute Gasteiger partial charge is 0.339 e. The lowest BCUT2D eigenvalue weighted by Gasteiger charge is -2.11. The Balaban J connectivity index is 2.36. The molecule has 0 bridgehead atoms. The number of rotatable bonds is 4. The highest BCUT2D eigenvalue weighted by molar-refractivity contribution is 5.91. The van der Waals surface area contributed by atoms with Gasteiger partial charge in [-0.3, -0.25) is 4.98 Å². The average Bonchev–Trinajstić information content (AvgIpc) is 3.12. The second kappa shape index (κ2) is 4.86. The highest BCUT2D eigenvalue weighted by Crippen LogP contribution is 2.41. The van der Waals surface area contributed by atoms with E-state index in [1.54, 1.807) is 0 Å². The van der Waals surface area contributed by atoms with Gasteiger partial charge in [0.25, 0.3) is 0 Å². The van der Waals surface area contributed by atoms with Crippen molar-refractivity contribution in [2.45, 2.75) is 45.4 Å². The summed E-state index contributed by atoms with van der Waals surface area (Å²) < 4.78 is 5.10. The minimum atomic E-state index is -0.232. The molecule has 1 aliphatic rings. The topological polar surface area (TPSA) is 39.2 Å². The first-order chi connectivity index (χ1) is 8.13. The molecule has 0 aliphatic heterocycles. The Kier molecular flexibility index (Phi) is 3.46. The van der Waals surface area contributed by atoms with Crippen LogP contribution in [0.25, 0.3) is 0 Å². The van der Waals surface area contributed by atoms with Crippen LogP contribution < -0.4 is 0 Å². The zero-order chi connectivity index (χ0) is 12.4. The van der Waals surface area contributed by atoms with Gasteiger partial charge in [0.15, 0.2) is 0 Å². The van der Waals surface area contributed by atoms with E-state index in [4.69, 9.17) is 4.74 Å². The predicted octanol–water partition coefficient (Wildman–Crippen LogP) is 3.26.